The summed E-state index contributed by atoms with van der Waals surface area (Å²) in [7, 11) is 0. The van der Waals surface area contributed by atoms with E-state index in [1.54, 1.807) is 0 Å². The monoisotopic (exact) mass is 412 g/mol. The highest BCUT2D eigenvalue weighted by Gasteiger charge is 2.24. The Morgan fingerprint density at radius 3 is 2.52 bits per heavy atom. The predicted molar refractivity (Wildman–Crippen MR) is 120 cm³/mol. The van der Waals surface area contributed by atoms with Gasteiger partial charge in [0, 0.05) is 49.4 Å². The van der Waals surface area contributed by atoms with Gasteiger partial charge in [0.1, 0.15) is 0 Å². The van der Waals surface area contributed by atoms with Gasteiger partial charge in [0.15, 0.2) is 0 Å². The summed E-state index contributed by atoms with van der Waals surface area (Å²) in [6, 6.07) is 18.9. The number of rotatable bonds is 7. The van der Waals surface area contributed by atoms with E-state index in [0.29, 0.717) is 6.54 Å². The fourth-order valence-corrected chi connectivity index (χ4v) is 3.71. The summed E-state index contributed by atoms with van der Waals surface area (Å²) in [5.74, 6) is 0.261. The molecule has 0 bridgehead atoms. The Bertz CT molecular complexity index is 895. The molecule has 2 atom stereocenters. The lowest BCUT2D eigenvalue weighted by Crippen LogP contribution is -2.30. The number of nitrogens with zero attached hydrogens (tertiary/aromatic N) is 2. The first-order chi connectivity index (χ1) is 13.7. The molecule has 4 rings (SSSR count). The molecule has 1 aromatic heterocycles. The lowest BCUT2D eigenvalue weighted by molar-refractivity contribution is 0.146. The SMILES string of the molecule is CCc1ccc(-c2nn(-c3ccccc3)cc2CNCC2CNCC2O)cc1.Cl. The molecular weight excluding hydrogens is 384 g/mol. The van der Waals surface area contributed by atoms with E-state index in [9.17, 15) is 5.11 Å². The maximum absolute atomic E-state index is 10.0. The van der Waals surface area contributed by atoms with E-state index in [2.05, 4.69) is 60.2 Å². The second-order valence-corrected chi connectivity index (χ2v) is 7.45. The molecule has 0 spiro atoms. The molecule has 1 fully saturated rings. The molecule has 0 amide bonds. The molecule has 29 heavy (non-hydrogen) atoms. The summed E-state index contributed by atoms with van der Waals surface area (Å²) in [6.07, 6.45) is 2.88. The molecule has 0 saturated carbocycles. The average molecular weight is 413 g/mol. The van der Waals surface area contributed by atoms with Crippen LogP contribution >= 0.6 is 12.4 Å². The van der Waals surface area contributed by atoms with E-state index in [1.165, 1.54) is 5.56 Å². The van der Waals surface area contributed by atoms with Crippen molar-refractivity contribution in [2.24, 2.45) is 5.92 Å². The standard InChI is InChI=1S/C23H28N4O.ClH/c1-2-17-8-10-18(11-9-17)23-20(14-24-12-19-13-25-15-22(19)28)16-27(26-23)21-6-4-3-5-7-21;/h3-11,16,19,22,24-25,28H,2,12-15H2,1H3;1H. The van der Waals surface area contributed by atoms with Crippen molar-refractivity contribution in [2.75, 3.05) is 19.6 Å². The normalized spacial score (nSPS) is 18.6. The van der Waals surface area contributed by atoms with Gasteiger partial charge in [0.05, 0.1) is 17.5 Å². The van der Waals surface area contributed by atoms with Crippen molar-refractivity contribution < 1.29 is 5.11 Å². The van der Waals surface area contributed by atoms with Crippen molar-refractivity contribution in [3.05, 3.63) is 71.9 Å². The number of halogens is 1. The van der Waals surface area contributed by atoms with Crippen molar-refractivity contribution in [1.29, 1.82) is 0 Å². The molecule has 3 N–H and O–H groups in total. The summed E-state index contributed by atoms with van der Waals surface area (Å²) < 4.78 is 1.95. The molecule has 0 aliphatic carbocycles. The van der Waals surface area contributed by atoms with Gasteiger partial charge in [-0.05, 0) is 24.1 Å². The fourth-order valence-electron chi connectivity index (χ4n) is 3.71. The largest absolute Gasteiger partial charge is 0.391 e. The van der Waals surface area contributed by atoms with Gasteiger partial charge in [0.25, 0.3) is 0 Å². The van der Waals surface area contributed by atoms with Crippen LogP contribution in [0.4, 0.5) is 0 Å². The van der Waals surface area contributed by atoms with Crippen LogP contribution in [0, 0.1) is 5.92 Å². The lowest BCUT2D eigenvalue weighted by atomic mass is 10.0. The number of hydrogen-bond acceptors (Lipinski definition) is 4. The van der Waals surface area contributed by atoms with Gasteiger partial charge in [-0.25, -0.2) is 4.68 Å². The van der Waals surface area contributed by atoms with Crippen molar-refractivity contribution in [2.45, 2.75) is 26.0 Å². The quantitative estimate of drug-likeness (QED) is 0.557. The van der Waals surface area contributed by atoms with Gasteiger partial charge in [-0.1, -0.05) is 49.4 Å². The van der Waals surface area contributed by atoms with Crippen LogP contribution < -0.4 is 10.6 Å². The number of hydrogen-bond donors (Lipinski definition) is 3. The second-order valence-electron chi connectivity index (χ2n) is 7.45. The Hall–Kier alpha value is -2.18. The minimum Gasteiger partial charge on any atom is -0.391 e. The Morgan fingerprint density at radius 2 is 1.86 bits per heavy atom. The Labute approximate surface area is 178 Å². The van der Waals surface area contributed by atoms with Gasteiger partial charge in [0.2, 0.25) is 0 Å². The number of para-hydroxylation sites is 1. The number of aryl methyl sites for hydroxylation is 1. The third-order valence-corrected chi connectivity index (χ3v) is 5.47. The zero-order valence-electron chi connectivity index (χ0n) is 16.7. The average Bonchev–Trinajstić information content (AvgIpc) is 3.35. The van der Waals surface area contributed by atoms with E-state index in [-0.39, 0.29) is 24.4 Å². The molecular formula is C23H29ClN4O. The van der Waals surface area contributed by atoms with E-state index in [1.807, 2.05) is 22.9 Å². The third kappa shape index (κ3) is 5.06. The predicted octanol–water partition coefficient (Wildman–Crippen LogP) is 3.19. The van der Waals surface area contributed by atoms with Gasteiger partial charge in [-0.3, -0.25) is 0 Å². The molecule has 0 radical (unpaired) electrons. The summed E-state index contributed by atoms with van der Waals surface area (Å²) >= 11 is 0. The summed E-state index contributed by atoms with van der Waals surface area (Å²) in [6.45, 7) is 5.23. The number of aliphatic hydroxyl groups is 1. The molecule has 2 unspecified atom stereocenters. The zero-order valence-corrected chi connectivity index (χ0v) is 17.5. The van der Waals surface area contributed by atoms with Crippen LogP contribution in [0.25, 0.3) is 16.9 Å². The van der Waals surface area contributed by atoms with Gasteiger partial charge in [-0.15, -0.1) is 12.4 Å². The maximum Gasteiger partial charge on any atom is 0.0972 e. The second kappa shape index (κ2) is 10.0. The molecule has 2 aromatic carbocycles. The number of aromatic nitrogens is 2. The zero-order chi connectivity index (χ0) is 19.3. The highest BCUT2D eigenvalue weighted by atomic mass is 35.5. The molecule has 3 aromatic rings. The number of benzene rings is 2. The van der Waals surface area contributed by atoms with Crippen LogP contribution in [0.1, 0.15) is 18.1 Å². The molecule has 1 aliphatic heterocycles. The molecule has 1 saturated heterocycles. The maximum atomic E-state index is 10.0. The number of β-amino-alcohol motifs (C(OH)–C–C–N with tert-alkyl or cyclic N) is 1. The summed E-state index contributed by atoms with van der Waals surface area (Å²) in [5.41, 5.74) is 5.67. The van der Waals surface area contributed by atoms with E-state index in [0.717, 1.165) is 48.6 Å². The smallest absolute Gasteiger partial charge is 0.0972 e. The van der Waals surface area contributed by atoms with Crippen molar-refractivity contribution >= 4 is 12.4 Å². The Balaban J connectivity index is 0.00000240. The van der Waals surface area contributed by atoms with Gasteiger partial charge < -0.3 is 15.7 Å². The lowest BCUT2D eigenvalue weighted by Gasteiger charge is -2.14. The topological polar surface area (TPSA) is 62.1 Å². The summed E-state index contributed by atoms with van der Waals surface area (Å²) in [4.78, 5) is 0. The van der Waals surface area contributed by atoms with Crippen LogP contribution in [0.3, 0.4) is 0 Å². The Morgan fingerprint density at radius 1 is 1.10 bits per heavy atom. The summed E-state index contributed by atoms with van der Waals surface area (Å²) in [5, 5.41) is 21.6. The van der Waals surface area contributed by atoms with Crippen molar-refractivity contribution in [3.63, 3.8) is 0 Å². The van der Waals surface area contributed by atoms with Crippen molar-refractivity contribution in [1.82, 2.24) is 20.4 Å². The van der Waals surface area contributed by atoms with Crippen LogP contribution in [0.15, 0.2) is 60.8 Å². The highest BCUT2D eigenvalue weighted by molar-refractivity contribution is 5.85. The minimum atomic E-state index is -0.263. The third-order valence-electron chi connectivity index (χ3n) is 5.47. The highest BCUT2D eigenvalue weighted by Crippen LogP contribution is 2.24. The molecule has 1 aliphatic rings. The number of nitrogens with one attached hydrogen (secondary N) is 2. The fraction of sp³-hybridized carbons (Fsp3) is 0.348. The van der Waals surface area contributed by atoms with Crippen LogP contribution in [0.5, 0.6) is 0 Å². The van der Waals surface area contributed by atoms with E-state index in [4.69, 9.17) is 5.10 Å². The first-order valence-corrected chi connectivity index (χ1v) is 10.1. The molecule has 5 nitrogen and oxygen atoms in total. The van der Waals surface area contributed by atoms with Crippen LogP contribution in [0.2, 0.25) is 0 Å². The van der Waals surface area contributed by atoms with Gasteiger partial charge in [-0.2, -0.15) is 5.10 Å². The Kier molecular flexibility index (Phi) is 7.45. The minimum absolute atomic E-state index is 0. The van der Waals surface area contributed by atoms with Gasteiger partial charge >= 0.3 is 0 Å². The van der Waals surface area contributed by atoms with E-state index >= 15 is 0 Å². The number of aliphatic hydroxyl groups excluding tert-OH is 1. The van der Waals surface area contributed by atoms with Crippen molar-refractivity contribution in [3.8, 4) is 16.9 Å². The first kappa shape index (κ1) is 21.5. The molecule has 2 heterocycles. The first-order valence-electron chi connectivity index (χ1n) is 10.1. The van der Waals surface area contributed by atoms with Crippen LogP contribution in [-0.2, 0) is 13.0 Å². The van der Waals surface area contributed by atoms with E-state index < -0.39 is 0 Å². The molecule has 6 heteroatoms. The molecule has 154 valence electrons. The van der Waals surface area contributed by atoms with Crippen LogP contribution in [-0.4, -0.2) is 40.6 Å².